The van der Waals surface area contributed by atoms with Crippen molar-refractivity contribution in [1.29, 1.82) is 0 Å². The second-order valence-electron chi connectivity index (χ2n) is 6.46. The number of hydrogen-bond donors (Lipinski definition) is 1. The van der Waals surface area contributed by atoms with Crippen LogP contribution < -0.4 is 10.9 Å². The van der Waals surface area contributed by atoms with Gasteiger partial charge in [-0.15, -0.1) is 0 Å². The Morgan fingerprint density at radius 2 is 1.81 bits per heavy atom. The fourth-order valence-electron chi connectivity index (χ4n) is 2.87. The van der Waals surface area contributed by atoms with Crippen LogP contribution in [0.1, 0.15) is 31.9 Å². The molecule has 1 aromatic heterocycles. The lowest BCUT2D eigenvalue weighted by Crippen LogP contribution is -2.23. The van der Waals surface area contributed by atoms with Crippen molar-refractivity contribution in [3.8, 4) is 11.3 Å². The van der Waals surface area contributed by atoms with Crippen LogP contribution in [0.2, 0.25) is 0 Å². The van der Waals surface area contributed by atoms with Crippen LogP contribution in [-0.4, -0.2) is 29.6 Å². The first-order valence-corrected chi connectivity index (χ1v) is 10.4. The molecule has 0 fully saturated rings. The standard InChI is InChI=1S/C23H23N3O4.C2H6/c1-4-30-23(28)24-20-7-5-6-17(14-20)15-26-22(27)13-12-21(25-26)19-10-8-18(9-11-19)16(2)29-3;1-2/h5-14H,2,4,15H2,1,3H3,(H,24,28);1-2H3. The molecule has 0 aliphatic carbocycles. The van der Waals surface area contributed by atoms with Crippen molar-refractivity contribution in [3.05, 3.63) is 88.7 Å². The monoisotopic (exact) mass is 435 g/mol. The molecule has 0 aliphatic heterocycles. The van der Waals surface area contributed by atoms with Crippen LogP contribution in [-0.2, 0) is 16.0 Å². The lowest BCUT2D eigenvalue weighted by atomic mass is 10.1. The molecule has 0 saturated heterocycles. The highest BCUT2D eigenvalue weighted by Gasteiger charge is 2.07. The topological polar surface area (TPSA) is 82.5 Å². The second-order valence-corrected chi connectivity index (χ2v) is 6.46. The molecule has 1 amide bonds. The molecule has 0 bridgehead atoms. The van der Waals surface area contributed by atoms with Gasteiger partial charge < -0.3 is 9.47 Å². The maximum atomic E-state index is 12.3. The van der Waals surface area contributed by atoms with Gasteiger partial charge in [-0.25, -0.2) is 9.48 Å². The Morgan fingerprint density at radius 1 is 1.09 bits per heavy atom. The van der Waals surface area contributed by atoms with Crippen LogP contribution >= 0.6 is 0 Å². The number of amides is 1. The van der Waals surface area contributed by atoms with Gasteiger partial charge in [-0.3, -0.25) is 10.1 Å². The minimum atomic E-state index is -0.522. The zero-order valence-corrected chi connectivity index (χ0v) is 18.9. The Morgan fingerprint density at radius 3 is 2.47 bits per heavy atom. The van der Waals surface area contributed by atoms with Crippen molar-refractivity contribution in [1.82, 2.24) is 9.78 Å². The SMILES string of the molecule is C=C(OC)c1ccc(-c2ccc(=O)n(Cc3cccc(NC(=O)OCC)c3)n2)cc1.CC. The van der Waals surface area contributed by atoms with E-state index in [1.165, 1.54) is 10.7 Å². The predicted molar refractivity (Wildman–Crippen MR) is 128 cm³/mol. The third-order valence-corrected chi connectivity index (χ3v) is 4.40. The summed E-state index contributed by atoms with van der Waals surface area (Å²) in [6.45, 7) is 10.1. The lowest BCUT2D eigenvalue weighted by Gasteiger charge is -2.10. The van der Waals surface area contributed by atoms with Gasteiger partial charge in [0.1, 0.15) is 5.76 Å². The number of rotatable bonds is 7. The summed E-state index contributed by atoms with van der Waals surface area (Å²) in [5, 5.41) is 7.14. The van der Waals surface area contributed by atoms with Gasteiger partial charge in [-0.1, -0.05) is 56.8 Å². The quantitative estimate of drug-likeness (QED) is 0.518. The summed E-state index contributed by atoms with van der Waals surface area (Å²) in [5.74, 6) is 0.579. The first-order chi connectivity index (χ1) is 15.5. The van der Waals surface area contributed by atoms with Gasteiger partial charge in [0.15, 0.2) is 0 Å². The van der Waals surface area contributed by atoms with Crippen LogP contribution in [0.5, 0.6) is 0 Å². The van der Waals surface area contributed by atoms with Crippen molar-refractivity contribution in [2.24, 2.45) is 0 Å². The summed E-state index contributed by atoms with van der Waals surface area (Å²) in [6, 6.07) is 18.0. The van der Waals surface area contributed by atoms with E-state index in [1.807, 2.05) is 44.2 Å². The number of aromatic nitrogens is 2. The molecule has 168 valence electrons. The van der Waals surface area contributed by atoms with E-state index in [1.54, 1.807) is 38.3 Å². The Labute approximate surface area is 188 Å². The first kappa shape index (κ1) is 24.4. The summed E-state index contributed by atoms with van der Waals surface area (Å²) in [6.07, 6.45) is -0.522. The highest BCUT2D eigenvalue weighted by molar-refractivity contribution is 5.84. The van der Waals surface area contributed by atoms with Gasteiger partial charge in [0.2, 0.25) is 0 Å². The van der Waals surface area contributed by atoms with Crippen molar-refractivity contribution in [3.63, 3.8) is 0 Å². The molecule has 0 spiro atoms. The summed E-state index contributed by atoms with van der Waals surface area (Å²) in [7, 11) is 1.57. The maximum Gasteiger partial charge on any atom is 0.411 e. The highest BCUT2D eigenvalue weighted by atomic mass is 16.5. The zero-order valence-electron chi connectivity index (χ0n) is 18.9. The Balaban J connectivity index is 0.00000176. The molecule has 7 heteroatoms. The van der Waals surface area contributed by atoms with Gasteiger partial charge in [-0.05, 0) is 30.7 Å². The fraction of sp³-hybridized carbons (Fsp3) is 0.240. The number of nitrogens with one attached hydrogen (secondary N) is 1. The molecule has 0 unspecified atom stereocenters. The van der Waals surface area contributed by atoms with E-state index < -0.39 is 6.09 Å². The predicted octanol–water partition coefficient (Wildman–Crippen LogP) is 5.17. The molecule has 1 heterocycles. The van der Waals surface area contributed by atoms with Crippen LogP contribution in [0.4, 0.5) is 10.5 Å². The number of carbonyl (C=O) groups is 1. The average Bonchev–Trinajstić information content (AvgIpc) is 2.82. The van der Waals surface area contributed by atoms with Gasteiger partial charge >= 0.3 is 6.09 Å². The van der Waals surface area contributed by atoms with Crippen LogP contribution in [0, 0.1) is 0 Å². The van der Waals surface area contributed by atoms with Crippen LogP contribution in [0.3, 0.4) is 0 Å². The van der Waals surface area contributed by atoms with E-state index in [0.29, 0.717) is 17.1 Å². The summed E-state index contributed by atoms with van der Waals surface area (Å²) < 4.78 is 11.4. The van der Waals surface area contributed by atoms with Gasteiger partial charge in [0, 0.05) is 22.9 Å². The van der Waals surface area contributed by atoms with Crippen molar-refractivity contribution < 1.29 is 14.3 Å². The van der Waals surface area contributed by atoms with Crippen molar-refractivity contribution in [2.75, 3.05) is 19.0 Å². The number of anilines is 1. The van der Waals surface area contributed by atoms with E-state index in [9.17, 15) is 9.59 Å². The maximum absolute atomic E-state index is 12.3. The molecule has 0 aliphatic rings. The summed E-state index contributed by atoms with van der Waals surface area (Å²) in [4.78, 5) is 23.9. The third kappa shape index (κ3) is 6.57. The van der Waals surface area contributed by atoms with E-state index in [-0.39, 0.29) is 18.7 Å². The zero-order chi connectivity index (χ0) is 23.5. The second kappa shape index (κ2) is 12.1. The largest absolute Gasteiger partial charge is 0.497 e. The smallest absolute Gasteiger partial charge is 0.411 e. The van der Waals surface area contributed by atoms with E-state index in [4.69, 9.17) is 9.47 Å². The molecule has 0 radical (unpaired) electrons. The van der Waals surface area contributed by atoms with E-state index in [2.05, 4.69) is 17.0 Å². The fourth-order valence-corrected chi connectivity index (χ4v) is 2.87. The molecule has 1 N–H and O–H groups in total. The number of ether oxygens (including phenoxy) is 2. The van der Waals surface area contributed by atoms with Crippen LogP contribution in [0.15, 0.2) is 72.0 Å². The number of carbonyl (C=O) groups excluding carboxylic acids is 1. The normalized spacial score (nSPS) is 9.88. The minimum absolute atomic E-state index is 0.216. The third-order valence-electron chi connectivity index (χ3n) is 4.40. The van der Waals surface area contributed by atoms with Crippen molar-refractivity contribution in [2.45, 2.75) is 27.3 Å². The molecular formula is C25H29N3O4. The van der Waals surface area contributed by atoms with Crippen molar-refractivity contribution >= 4 is 17.5 Å². The minimum Gasteiger partial charge on any atom is -0.497 e. The highest BCUT2D eigenvalue weighted by Crippen LogP contribution is 2.20. The molecule has 32 heavy (non-hydrogen) atoms. The summed E-state index contributed by atoms with van der Waals surface area (Å²) >= 11 is 0. The Kier molecular flexibility index (Phi) is 9.22. The lowest BCUT2D eigenvalue weighted by molar-refractivity contribution is 0.168. The Hall–Kier alpha value is -3.87. The molecule has 7 nitrogen and oxygen atoms in total. The Bertz CT molecular complexity index is 1100. The molecule has 0 saturated carbocycles. The number of methoxy groups -OCH3 is 1. The van der Waals surface area contributed by atoms with Gasteiger partial charge in [-0.2, -0.15) is 5.10 Å². The summed E-state index contributed by atoms with van der Waals surface area (Å²) in [5.41, 5.74) is 3.61. The van der Waals surface area contributed by atoms with Gasteiger partial charge in [0.05, 0.1) is 26.0 Å². The van der Waals surface area contributed by atoms with E-state index in [0.717, 1.165) is 16.7 Å². The molecule has 2 aromatic carbocycles. The molecule has 0 atom stereocenters. The van der Waals surface area contributed by atoms with Gasteiger partial charge in [0.25, 0.3) is 5.56 Å². The van der Waals surface area contributed by atoms with Crippen LogP contribution in [0.25, 0.3) is 17.0 Å². The molecule has 3 aromatic rings. The average molecular weight is 436 g/mol. The number of nitrogens with zero attached hydrogens (tertiary/aromatic N) is 2. The number of benzene rings is 2. The molecule has 3 rings (SSSR count). The number of hydrogen-bond acceptors (Lipinski definition) is 5. The first-order valence-electron chi connectivity index (χ1n) is 10.4. The van der Waals surface area contributed by atoms with E-state index >= 15 is 0 Å². The molecular weight excluding hydrogens is 406 g/mol.